The summed E-state index contributed by atoms with van der Waals surface area (Å²) >= 11 is 13.3. The van der Waals surface area contributed by atoms with Crippen LogP contribution < -0.4 is 5.43 Å². The number of amides is 1. The van der Waals surface area contributed by atoms with Gasteiger partial charge in [0.25, 0.3) is 11.6 Å². The Morgan fingerprint density at radius 1 is 1.15 bits per heavy atom. The van der Waals surface area contributed by atoms with E-state index in [9.17, 15) is 14.9 Å². The zero-order chi connectivity index (χ0) is 24.1. The van der Waals surface area contributed by atoms with Gasteiger partial charge in [-0.2, -0.15) is 5.10 Å². The number of nitrogens with one attached hydrogen (secondary N) is 1. The highest BCUT2D eigenvalue weighted by atomic mass is 35.5. The maximum atomic E-state index is 12.4. The molecule has 0 spiro atoms. The summed E-state index contributed by atoms with van der Waals surface area (Å²) in [6.45, 7) is 0.574. The molecule has 0 aliphatic rings. The van der Waals surface area contributed by atoms with Crippen LogP contribution >= 0.6 is 35.0 Å². The van der Waals surface area contributed by atoms with Crippen molar-refractivity contribution in [2.24, 2.45) is 5.10 Å². The molecule has 34 heavy (non-hydrogen) atoms. The summed E-state index contributed by atoms with van der Waals surface area (Å²) in [4.78, 5) is 27.4. The SMILES string of the molecule is O=C(CSc1nc2ccccc2n1Cc1ccc(Cl)cc1)N/N=C/c1cc([N+](=O)[O-])ccc1Cl. The summed E-state index contributed by atoms with van der Waals surface area (Å²) < 4.78 is 2.04. The van der Waals surface area contributed by atoms with Crippen LogP contribution in [0.15, 0.2) is 77.0 Å². The number of fused-ring (bicyclic) bond motifs is 1. The van der Waals surface area contributed by atoms with E-state index >= 15 is 0 Å². The van der Waals surface area contributed by atoms with E-state index in [2.05, 4.69) is 15.5 Å². The molecule has 0 atom stereocenters. The van der Waals surface area contributed by atoms with Crippen molar-refractivity contribution in [2.75, 3.05) is 5.75 Å². The van der Waals surface area contributed by atoms with Gasteiger partial charge in [-0.05, 0) is 35.9 Å². The fourth-order valence-corrected chi connectivity index (χ4v) is 4.27. The summed E-state index contributed by atoms with van der Waals surface area (Å²) in [6.07, 6.45) is 1.27. The van der Waals surface area contributed by atoms with Gasteiger partial charge < -0.3 is 4.57 Å². The molecule has 172 valence electrons. The molecule has 0 bridgehead atoms. The summed E-state index contributed by atoms with van der Waals surface area (Å²) in [6, 6.07) is 19.3. The van der Waals surface area contributed by atoms with Gasteiger partial charge in [-0.1, -0.05) is 59.2 Å². The lowest BCUT2D eigenvalue weighted by molar-refractivity contribution is -0.384. The molecular formula is C23H17Cl2N5O3S. The summed E-state index contributed by atoms with van der Waals surface area (Å²) in [5, 5.41) is 16.4. The van der Waals surface area contributed by atoms with Crippen LogP contribution in [0.1, 0.15) is 11.1 Å². The smallest absolute Gasteiger partial charge is 0.270 e. The molecule has 11 heteroatoms. The molecule has 1 heterocycles. The second kappa shape index (κ2) is 10.7. The number of nitro groups is 1. The lowest BCUT2D eigenvalue weighted by atomic mass is 10.2. The van der Waals surface area contributed by atoms with Gasteiger partial charge in [0.1, 0.15) is 0 Å². The highest BCUT2D eigenvalue weighted by molar-refractivity contribution is 7.99. The standard InChI is InChI=1S/C23H17Cl2N5O3S/c24-17-7-5-15(6-8-17)13-29-21-4-2-1-3-20(21)27-23(29)34-14-22(31)28-26-12-16-11-18(30(32)33)9-10-19(16)25/h1-12H,13-14H2,(H,28,31)/b26-12+. The monoisotopic (exact) mass is 513 g/mol. The Morgan fingerprint density at radius 2 is 1.91 bits per heavy atom. The zero-order valence-electron chi connectivity index (χ0n) is 17.5. The first-order chi connectivity index (χ1) is 16.4. The average molecular weight is 514 g/mol. The number of para-hydroxylation sites is 2. The Labute approximate surface area is 208 Å². The third kappa shape index (κ3) is 5.74. The number of hydrogen-bond donors (Lipinski definition) is 1. The minimum absolute atomic E-state index is 0.0734. The predicted molar refractivity (Wildman–Crippen MR) is 135 cm³/mol. The molecule has 0 radical (unpaired) electrons. The van der Waals surface area contributed by atoms with Crippen LogP contribution in [0.5, 0.6) is 0 Å². The van der Waals surface area contributed by atoms with Crippen LogP contribution in [-0.2, 0) is 11.3 Å². The summed E-state index contributed by atoms with van der Waals surface area (Å²) in [5.74, 6) is -0.280. The third-order valence-corrected chi connectivity index (χ3v) is 6.36. The molecule has 0 aliphatic heterocycles. The van der Waals surface area contributed by atoms with Crippen LogP contribution in [0.3, 0.4) is 0 Å². The van der Waals surface area contributed by atoms with Crippen LogP contribution in [0.25, 0.3) is 11.0 Å². The maximum absolute atomic E-state index is 12.4. The second-order valence-corrected chi connectivity index (χ2v) is 8.93. The highest BCUT2D eigenvalue weighted by Crippen LogP contribution is 2.26. The van der Waals surface area contributed by atoms with Crippen LogP contribution in [-0.4, -0.2) is 32.3 Å². The lowest BCUT2D eigenvalue weighted by Gasteiger charge is -2.09. The first-order valence-corrected chi connectivity index (χ1v) is 11.7. The third-order valence-electron chi connectivity index (χ3n) is 4.79. The van der Waals surface area contributed by atoms with Crippen molar-refractivity contribution < 1.29 is 9.72 Å². The van der Waals surface area contributed by atoms with E-state index in [-0.39, 0.29) is 22.4 Å². The summed E-state index contributed by atoms with van der Waals surface area (Å²) in [5.41, 5.74) is 5.47. The molecule has 1 amide bonds. The van der Waals surface area contributed by atoms with Crippen molar-refractivity contribution in [1.82, 2.24) is 15.0 Å². The van der Waals surface area contributed by atoms with E-state index < -0.39 is 4.92 Å². The Morgan fingerprint density at radius 3 is 2.68 bits per heavy atom. The van der Waals surface area contributed by atoms with Crippen molar-refractivity contribution in [3.8, 4) is 0 Å². The number of benzene rings is 3. The summed E-state index contributed by atoms with van der Waals surface area (Å²) in [7, 11) is 0. The van der Waals surface area contributed by atoms with Crippen LogP contribution in [0.4, 0.5) is 5.69 Å². The Balaban J connectivity index is 1.44. The minimum Gasteiger partial charge on any atom is -0.314 e. The van der Waals surface area contributed by atoms with E-state index in [1.165, 1.54) is 36.2 Å². The van der Waals surface area contributed by atoms with Crippen molar-refractivity contribution in [2.45, 2.75) is 11.7 Å². The molecule has 4 rings (SSSR count). The molecule has 0 unspecified atom stereocenters. The number of imidazole rings is 1. The highest BCUT2D eigenvalue weighted by Gasteiger charge is 2.14. The van der Waals surface area contributed by atoms with E-state index in [4.69, 9.17) is 23.2 Å². The van der Waals surface area contributed by atoms with Crippen LogP contribution in [0.2, 0.25) is 10.0 Å². The number of thioether (sulfide) groups is 1. The quantitative estimate of drug-likeness (QED) is 0.144. The van der Waals surface area contributed by atoms with E-state index in [0.717, 1.165) is 16.6 Å². The number of halogens is 2. The van der Waals surface area contributed by atoms with Crippen LogP contribution in [0, 0.1) is 10.1 Å². The number of hydrogen-bond acceptors (Lipinski definition) is 6. The fraction of sp³-hybridized carbons (Fsp3) is 0.0870. The topological polar surface area (TPSA) is 102 Å². The van der Waals surface area contributed by atoms with Crippen molar-refractivity contribution in [3.05, 3.63) is 98.0 Å². The minimum atomic E-state index is -0.529. The number of nitrogens with zero attached hydrogens (tertiary/aromatic N) is 4. The van der Waals surface area contributed by atoms with Crippen molar-refractivity contribution in [3.63, 3.8) is 0 Å². The van der Waals surface area contributed by atoms with Gasteiger partial charge in [0.2, 0.25) is 0 Å². The normalized spacial score (nSPS) is 11.2. The van der Waals surface area contributed by atoms with Crippen molar-refractivity contribution in [1.29, 1.82) is 0 Å². The molecule has 8 nitrogen and oxygen atoms in total. The molecule has 1 N–H and O–H groups in total. The van der Waals surface area contributed by atoms with E-state index in [1.807, 2.05) is 53.1 Å². The molecule has 0 aliphatic carbocycles. The van der Waals surface area contributed by atoms with Gasteiger partial charge in [-0.3, -0.25) is 14.9 Å². The number of nitro benzene ring substituents is 1. The molecule has 3 aromatic carbocycles. The van der Waals surface area contributed by atoms with Gasteiger partial charge >= 0.3 is 0 Å². The number of carbonyl (C=O) groups excluding carboxylic acids is 1. The molecule has 0 fully saturated rings. The molecule has 0 saturated carbocycles. The maximum Gasteiger partial charge on any atom is 0.270 e. The van der Waals surface area contributed by atoms with Gasteiger partial charge in [-0.25, -0.2) is 10.4 Å². The first kappa shape index (κ1) is 23.7. The molecule has 0 saturated heterocycles. The van der Waals surface area contributed by atoms with Gasteiger partial charge in [0.15, 0.2) is 5.16 Å². The van der Waals surface area contributed by atoms with Gasteiger partial charge in [0, 0.05) is 27.7 Å². The largest absolute Gasteiger partial charge is 0.314 e. The average Bonchev–Trinajstić information content (AvgIpc) is 3.17. The Bertz CT molecular complexity index is 1390. The molecular weight excluding hydrogens is 497 g/mol. The number of hydrazone groups is 1. The Kier molecular flexibility index (Phi) is 7.46. The Hall–Kier alpha value is -3.40. The number of carbonyl (C=O) groups is 1. The number of aromatic nitrogens is 2. The van der Waals surface area contributed by atoms with Gasteiger partial charge in [0.05, 0.1) is 34.5 Å². The first-order valence-electron chi connectivity index (χ1n) is 9.99. The predicted octanol–water partition coefficient (Wildman–Crippen LogP) is 5.54. The molecule has 1 aromatic heterocycles. The molecule has 4 aromatic rings. The van der Waals surface area contributed by atoms with E-state index in [1.54, 1.807) is 0 Å². The van der Waals surface area contributed by atoms with E-state index in [0.29, 0.717) is 22.3 Å². The van der Waals surface area contributed by atoms with Crippen molar-refractivity contribution >= 4 is 63.8 Å². The number of rotatable bonds is 8. The second-order valence-electron chi connectivity index (χ2n) is 7.14. The zero-order valence-corrected chi connectivity index (χ0v) is 19.8. The van der Waals surface area contributed by atoms with Gasteiger partial charge in [-0.15, -0.1) is 0 Å². The fourth-order valence-electron chi connectivity index (χ4n) is 3.17. The number of non-ortho nitro benzene ring substituents is 1. The lowest BCUT2D eigenvalue weighted by Crippen LogP contribution is -2.20.